The van der Waals surface area contributed by atoms with Gasteiger partial charge in [0.1, 0.15) is 7.14 Å². The minimum absolute atomic E-state index is 0.197. The Hall–Kier alpha value is -4.23. The molecular weight excluding hydrogens is 538 g/mol. The van der Waals surface area contributed by atoms with Crippen LogP contribution < -0.4 is 16.2 Å². The summed E-state index contributed by atoms with van der Waals surface area (Å²) in [6.45, 7) is 4.92. The predicted octanol–water partition coefficient (Wildman–Crippen LogP) is 6.30. The molecule has 0 aliphatic rings. The van der Waals surface area contributed by atoms with E-state index in [0.29, 0.717) is 32.9 Å². The van der Waals surface area contributed by atoms with Gasteiger partial charge in [0, 0.05) is 28.1 Å². The molecule has 0 aliphatic carbocycles. The van der Waals surface area contributed by atoms with Crippen molar-refractivity contribution in [2.24, 2.45) is 0 Å². The van der Waals surface area contributed by atoms with Crippen LogP contribution in [0.5, 0.6) is 0 Å². The van der Waals surface area contributed by atoms with Gasteiger partial charge in [0.25, 0.3) is 11.5 Å². The van der Waals surface area contributed by atoms with Gasteiger partial charge in [-0.1, -0.05) is 24.3 Å². The van der Waals surface area contributed by atoms with Crippen molar-refractivity contribution in [3.8, 4) is 5.69 Å². The van der Waals surface area contributed by atoms with Gasteiger partial charge in [-0.3, -0.25) is 19.1 Å². The van der Waals surface area contributed by atoms with Crippen LogP contribution in [0.25, 0.3) is 27.4 Å². The molecule has 0 fully saturated rings. The first-order chi connectivity index (χ1) is 18.9. The van der Waals surface area contributed by atoms with Crippen molar-refractivity contribution in [3.63, 3.8) is 0 Å². The molecule has 10 heteroatoms. The summed E-state index contributed by atoms with van der Waals surface area (Å²) in [7, 11) is -2.94. The van der Waals surface area contributed by atoms with Gasteiger partial charge in [0.15, 0.2) is 0 Å². The normalized spacial score (nSPS) is 12.9. The highest BCUT2D eigenvalue weighted by Crippen LogP contribution is 2.38. The van der Waals surface area contributed by atoms with E-state index in [9.17, 15) is 27.3 Å². The number of hydrogen-bond acceptors (Lipinski definition) is 4. The van der Waals surface area contributed by atoms with Crippen LogP contribution in [0.15, 0.2) is 89.9 Å². The summed E-state index contributed by atoms with van der Waals surface area (Å²) in [4.78, 5) is 31.5. The van der Waals surface area contributed by atoms with Crippen molar-refractivity contribution in [1.82, 2.24) is 14.9 Å². The minimum atomic E-state index is -4.53. The van der Waals surface area contributed by atoms with Crippen LogP contribution in [0.2, 0.25) is 0 Å². The van der Waals surface area contributed by atoms with Gasteiger partial charge < -0.3 is 9.88 Å². The summed E-state index contributed by atoms with van der Waals surface area (Å²) < 4.78 is 54.2. The third-order valence-electron chi connectivity index (χ3n) is 6.76. The van der Waals surface area contributed by atoms with Gasteiger partial charge in [-0.05, 0) is 80.2 Å². The molecule has 1 N–H and O–H groups in total. The molecule has 0 aliphatic heterocycles. The van der Waals surface area contributed by atoms with Crippen LogP contribution in [0.3, 0.4) is 0 Å². The van der Waals surface area contributed by atoms with Crippen molar-refractivity contribution in [3.05, 3.63) is 112 Å². The Morgan fingerprint density at radius 2 is 1.68 bits per heavy atom. The van der Waals surface area contributed by atoms with Gasteiger partial charge >= 0.3 is 6.18 Å². The minimum Gasteiger partial charge on any atom is -0.344 e. The zero-order valence-corrected chi connectivity index (χ0v) is 22.8. The lowest BCUT2D eigenvalue weighted by Crippen LogP contribution is -2.27. The quantitative estimate of drug-likeness (QED) is 0.201. The number of aromatic nitrogens is 2. The number of halogens is 3. The number of benzene rings is 3. The molecule has 3 aromatic carbocycles. The molecule has 204 valence electrons. The standard InChI is InChI=1S/C30H25F3N3O3P/c1-18(24-8-4-5-16-34-24)35-28(37)19-10-15-25-23(17-19)22-7-6-9-26(40(2,3)39)27(22)29(38)36(25)21-13-11-20(12-14-21)30(31,32)33/h4-18H,1-3H3,(H,35,37)/t18-/m0/s1. The average Bonchev–Trinajstić information content (AvgIpc) is 2.92. The Morgan fingerprint density at radius 3 is 2.30 bits per heavy atom. The molecule has 0 saturated heterocycles. The summed E-state index contributed by atoms with van der Waals surface area (Å²) in [5, 5.41) is 4.49. The van der Waals surface area contributed by atoms with Crippen molar-refractivity contribution >= 4 is 40.0 Å². The Balaban J connectivity index is 1.74. The van der Waals surface area contributed by atoms with Crippen LogP contribution in [0.1, 0.15) is 34.6 Å². The highest BCUT2D eigenvalue weighted by Gasteiger charge is 2.30. The van der Waals surface area contributed by atoms with E-state index >= 15 is 0 Å². The monoisotopic (exact) mass is 563 g/mol. The van der Waals surface area contributed by atoms with Gasteiger partial charge in [0.2, 0.25) is 0 Å². The van der Waals surface area contributed by atoms with E-state index in [-0.39, 0.29) is 23.0 Å². The van der Waals surface area contributed by atoms with E-state index in [2.05, 4.69) is 10.3 Å². The van der Waals surface area contributed by atoms with E-state index in [1.165, 1.54) is 16.7 Å². The Bertz CT molecular complexity index is 1860. The summed E-state index contributed by atoms with van der Waals surface area (Å²) in [5.41, 5.74) is 0.249. The predicted molar refractivity (Wildman–Crippen MR) is 151 cm³/mol. The summed E-state index contributed by atoms with van der Waals surface area (Å²) >= 11 is 0. The first-order valence-electron chi connectivity index (χ1n) is 12.4. The van der Waals surface area contributed by atoms with Gasteiger partial charge in [-0.15, -0.1) is 0 Å². The number of nitrogens with one attached hydrogen (secondary N) is 1. The molecule has 2 heterocycles. The van der Waals surface area contributed by atoms with Crippen molar-refractivity contribution in [1.29, 1.82) is 0 Å². The maximum Gasteiger partial charge on any atom is 0.416 e. The number of pyridine rings is 2. The largest absolute Gasteiger partial charge is 0.416 e. The molecule has 1 atom stereocenters. The summed E-state index contributed by atoms with van der Waals surface area (Å²) in [5.74, 6) is -0.367. The molecule has 6 nitrogen and oxygen atoms in total. The van der Waals surface area contributed by atoms with Crippen LogP contribution in [-0.4, -0.2) is 28.8 Å². The average molecular weight is 564 g/mol. The fraction of sp³-hybridized carbons (Fsp3) is 0.167. The zero-order valence-electron chi connectivity index (χ0n) is 21.9. The fourth-order valence-electron chi connectivity index (χ4n) is 4.79. The molecule has 0 unspecified atom stereocenters. The number of rotatable bonds is 5. The molecule has 5 aromatic rings. The van der Waals surface area contributed by atoms with Crippen LogP contribution in [0, 0.1) is 0 Å². The maximum atomic E-state index is 13.9. The number of nitrogens with zero attached hydrogens (tertiary/aromatic N) is 2. The number of carbonyl (C=O) groups is 1. The molecule has 5 rings (SSSR count). The molecular formula is C30H25F3N3O3P. The van der Waals surface area contributed by atoms with Crippen LogP contribution in [0.4, 0.5) is 13.2 Å². The van der Waals surface area contributed by atoms with E-state index in [4.69, 9.17) is 0 Å². The number of amides is 1. The molecule has 1 amide bonds. The maximum absolute atomic E-state index is 13.9. The zero-order chi connectivity index (χ0) is 28.8. The topological polar surface area (TPSA) is 81.1 Å². The number of hydrogen-bond donors (Lipinski definition) is 1. The fourth-order valence-corrected chi connectivity index (χ4v) is 5.99. The third-order valence-corrected chi connectivity index (χ3v) is 8.29. The molecule has 0 bridgehead atoms. The number of fused-ring (bicyclic) bond motifs is 3. The second kappa shape index (κ2) is 10.1. The second-order valence-electron chi connectivity index (χ2n) is 9.92. The number of alkyl halides is 3. The Morgan fingerprint density at radius 1 is 0.950 bits per heavy atom. The Kier molecular flexibility index (Phi) is 6.88. The first kappa shape index (κ1) is 27.3. The van der Waals surface area contributed by atoms with E-state index in [1.54, 1.807) is 68.1 Å². The van der Waals surface area contributed by atoms with Crippen molar-refractivity contribution < 1.29 is 22.5 Å². The lowest BCUT2D eigenvalue weighted by atomic mass is 10.0. The van der Waals surface area contributed by atoms with Crippen LogP contribution >= 0.6 is 7.14 Å². The van der Waals surface area contributed by atoms with E-state index in [0.717, 1.165) is 12.1 Å². The smallest absolute Gasteiger partial charge is 0.344 e. The molecule has 0 spiro atoms. The van der Waals surface area contributed by atoms with E-state index < -0.39 is 24.4 Å². The molecule has 40 heavy (non-hydrogen) atoms. The van der Waals surface area contributed by atoms with Crippen molar-refractivity contribution in [2.75, 3.05) is 13.3 Å². The SMILES string of the molecule is C[C@H](NC(=O)c1ccc2c(c1)c1cccc(P(C)(C)=O)c1c(=O)n2-c1ccc(C(F)(F)F)cc1)c1ccccn1. The lowest BCUT2D eigenvalue weighted by molar-refractivity contribution is -0.137. The van der Waals surface area contributed by atoms with Gasteiger partial charge in [0.05, 0.1) is 28.2 Å². The third kappa shape index (κ3) is 5.05. The summed E-state index contributed by atoms with van der Waals surface area (Å²) in [6, 6.07) is 19.1. The highest BCUT2D eigenvalue weighted by molar-refractivity contribution is 7.70. The summed E-state index contributed by atoms with van der Waals surface area (Å²) in [6.07, 6.45) is -2.90. The lowest BCUT2D eigenvalue weighted by Gasteiger charge is -2.18. The van der Waals surface area contributed by atoms with Gasteiger partial charge in [-0.2, -0.15) is 13.2 Å². The molecule has 0 saturated carbocycles. The second-order valence-corrected chi connectivity index (χ2v) is 13.1. The first-order valence-corrected chi connectivity index (χ1v) is 15.0. The van der Waals surface area contributed by atoms with E-state index in [1.807, 2.05) is 13.0 Å². The van der Waals surface area contributed by atoms with Gasteiger partial charge in [-0.25, -0.2) is 0 Å². The Labute approximate surface area is 227 Å². The molecule has 0 radical (unpaired) electrons. The van der Waals surface area contributed by atoms with Crippen LogP contribution in [-0.2, 0) is 10.7 Å². The highest BCUT2D eigenvalue weighted by atomic mass is 31.2. The number of carbonyl (C=O) groups excluding carboxylic acids is 1. The molecule has 2 aromatic heterocycles. The van der Waals surface area contributed by atoms with Crippen molar-refractivity contribution in [2.45, 2.75) is 19.1 Å².